The van der Waals surface area contributed by atoms with E-state index in [0.717, 1.165) is 63.9 Å². The first-order valence-electron chi connectivity index (χ1n) is 8.09. The van der Waals surface area contributed by atoms with E-state index in [4.69, 9.17) is 9.47 Å². The minimum Gasteiger partial charge on any atom is -0.490 e. The summed E-state index contributed by atoms with van der Waals surface area (Å²) in [4.78, 5) is 2.52. The number of hydrogen-bond acceptors (Lipinski definition) is 4. The lowest BCUT2D eigenvalue weighted by molar-refractivity contribution is 0.232. The molecule has 1 aromatic rings. The fourth-order valence-electron chi connectivity index (χ4n) is 3.05. The van der Waals surface area contributed by atoms with Crippen LogP contribution in [0, 0.1) is 0 Å². The monoisotopic (exact) mass is 290 g/mol. The van der Waals surface area contributed by atoms with Gasteiger partial charge in [-0.2, -0.15) is 0 Å². The summed E-state index contributed by atoms with van der Waals surface area (Å²) < 4.78 is 11.7. The number of nitrogens with zero attached hydrogens (tertiary/aromatic N) is 1. The molecule has 0 atom stereocenters. The first-order chi connectivity index (χ1) is 10.2. The standard InChI is InChI=1S/C17H26N2O2/c1-13(2)15-11-17-16(20-8-3-9-21-17)10-14(15)12-19-6-4-18-5-7-19/h10-11,13,18H,3-9,12H2,1-2H3. The smallest absolute Gasteiger partial charge is 0.161 e. The maximum atomic E-state index is 5.86. The zero-order chi connectivity index (χ0) is 14.7. The van der Waals surface area contributed by atoms with Crippen LogP contribution in [-0.2, 0) is 6.54 Å². The van der Waals surface area contributed by atoms with Crippen LogP contribution in [0.4, 0.5) is 0 Å². The van der Waals surface area contributed by atoms with Gasteiger partial charge in [0, 0.05) is 39.1 Å². The van der Waals surface area contributed by atoms with Crippen molar-refractivity contribution >= 4 is 0 Å². The van der Waals surface area contributed by atoms with Crippen LogP contribution in [0.15, 0.2) is 12.1 Å². The van der Waals surface area contributed by atoms with Gasteiger partial charge in [-0.3, -0.25) is 4.90 Å². The number of hydrogen-bond donors (Lipinski definition) is 1. The van der Waals surface area contributed by atoms with E-state index in [1.807, 2.05) is 0 Å². The molecule has 4 nitrogen and oxygen atoms in total. The molecule has 0 unspecified atom stereocenters. The highest BCUT2D eigenvalue weighted by atomic mass is 16.5. The summed E-state index contributed by atoms with van der Waals surface area (Å²) in [5, 5.41) is 3.41. The Kier molecular flexibility index (Phi) is 4.66. The Morgan fingerprint density at radius 2 is 1.76 bits per heavy atom. The summed E-state index contributed by atoms with van der Waals surface area (Å²) in [5.41, 5.74) is 2.77. The third kappa shape index (κ3) is 3.50. The third-order valence-corrected chi connectivity index (χ3v) is 4.23. The van der Waals surface area contributed by atoms with Gasteiger partial charge in [0.2, 0.25) is 0 Å². The summed E-state index contributed by atoms with van der Waals surface area (Å²) in [6.45, 7) is 11.4. The summed E-state index contributed by atoms with van der Waals surface area (Å²) in [6.07, 6.45) is 0.957. The van der Waals surface area contributed by atoms with E-state index >= 15 is 0 Å². The van der Waals surface area contributed by atoms with E-state index in [2.05, 4.69) is 36.2 Å². The summed E-state index contributed by atoms with van der Waals surface area (Å²) in [5.74, 6) is 2.34. The van der Waals surface area contributed by atoms with Crippen LogP contribution in [0.5, 0.6) is 11.5 Å². The second-order valence-corrected chi connectivity index (χ2v) is 6.23. The van der Waals surface area contributed by atoms with E-state index < -0.39 is 0 Å². The van der Waals surface area contributed by atoms with Crippen LogP contribution in [-0.4, -0.2) is 44.3 Å². The first kappa shape index (κ1) is 14.7. The van der Waals surface area contributed by atoms with Crippen molar-refractivity contribution in [3.63, 3.8) is 0 Å². The van der Waals surface area contributed by atoms with Gasteiger partial charge in [-0.05, 0) is 29.2 Å². The number of ether oxygens (including phenoxy) is 2. The van der Waals surface area contributed by atoms with Crippen LogP contribution in [0.2, 0.25) is 0 Å². The Bertz CT molecular complexity index is 482. The number of piperazine rings is 1. The molecule has 116 valence electrons. The molecule has 0 bridgehead atoms. The van der Waals surface area contributed by atoms with Crippen LogP contribution in [0.1, 0.15) is 37.3 Å². The lowest BCUT2D eigenvalue weighted by atomic mass is 9.96. The highest BCUT2D eigenvalue weighted by molar-refractivity contribution is 5.48. The number of nitrogens with one attached hydrogen (secondary N) is 1. The van der Waals surface area contributed by atoms with E-state index in [-0.39, 0.29) is 0 Å². The van der Waals surface area contributed by atoms with Crippen LogP contribution in [0.25, 0.3) is 0 Å². The van der Waals surface area contributed by atoms with E-state index in [1.54, 1.807) is 0 Å². The highest BCUT2D eigenvalue weighted by Crippen LogP contribution is 2.36. The Balaban J connectivity index is 1.87. The van der Waals surface area contributed by atoms with Crippen molar-refractivity contribution in [3.05, 3.63) is 23.3 Å². The van der Waals surface area contributed by atoms with Gasteiger partial charge in [0.05, 0.1) is 13.2 Å². The topological polar surface area (TPSA) is 33.7 Å². The summed E-state index contributed by atoms with van der Waals surface area (Å²) in [7, 11) is 0. The van der Waals surface area contributed by atoms with Crippen molar-refractivity contribution in [2.24, 2.45) is 0 Å². The molecule has 2 heterocycles. The quantitative estimate of drug-likeness (QED) is 0.927. The largest absolute Gasteiger partial charge is 0.490 e. The molecule has 1 N–H and O–H groups in total. The van der Waals surface area contributed by atoms with E-state index in [1.165, 1.54) is 11.1 Å². The average molecular weight is 290 g/mol. The Labute approximate surface area is 127 Å². The van der Waals surface area contributed by atoms with Gasteiger partial charge >= 0.3 is 0 Å². The number of fused-ring (bicyclic) bond motifs is 1. The molecule has 0 spiro atoms. The van der Waals surface area contributed by atoms with Crippen LogP contribution >= 0.6 is 0 Å². The Morgan fingerprint density at radius 1 is 1.10 bits per heavy atom. The minimum absolute atomic E-state index is 0.500. The van der Waals surface area contributed by atoms with E-state index in [0.29, 0.717) is 5.92 Å². The maximum Gasteiger partial charge on any atom is 0.161 e. The summed E-state index contributed by atoms with van der Waals surface area (Å²) >= 11 is 0. The van der Waals surface area contributed by atoms with Crippen molar-refractivity contribution in [1.29, 1.82) is 0 Å². The lowest BCUT2D eigenvalue weighted by Gasteiger charge is -2.29. The molecule has 0 saturated carbocycles. The molecule has 0 radical (unpaired) electrons. The van der Waals surface area contributed by atoms with Gasteiger partial charge in [-0.25, -0.2) is 0 Å². The molecule has 1 fully saturated rings. The van der Waals surface area contributed by atoms with Crippen LogP contribution in [0.3, 0.4) is 0 Å². The average Bonchev–Trinajstić information content (AvgIpc) is 2.72. The Hall–Kier alpha value is -1.26. The minimum atomic E-state index is 0.500. The van der Waals surface area contributed by atoms with Gasteiger partial charge < -0.3 is 14.8 Å². The zero-order valence-corrected chi connectivity index (χ0v) is 13.2. The van der Waals surface area contributed by atoms with Gasteiger partial charge in [0.1, 0.15) is 0 Å². The van der Waals surface area contributed by atoms with Gasteiger partial charge in [-0.15, -0.1) is 0 Å². The molecule has 0 aliphatic carbocycles. The first-order valence-corrected chi connectivity index (χ1v) is 8.09. The molecule has 0 amide bonds. The summed E-state index contributed by atoms with van der Waals surface area (Å²) in [6, 6.07) is 4.40. The van der Waals surface area contributed by atoms with Crippen molar-refractivity contribution in [3.8, 4) is 11.5 Å². The SMILES string of the molecule is CC(C)c1cc2c(cc1CN1CCNCC1)OCCCO2. The van der Waals surface area contributed by atoms with Gasteiger partial charge in [0.25, 0.3) is 0 Å². The fourth-order valence-corrected chi connectivity index (χ4v) is 3.05. The second kappa shape index (κ2) is 6.67. The number of benzene rings is 1. The molecular weight excluding hydrogens is 264 g/mol. The predicted octanol–water partition coefficient (Wildman–Crippen LogP) is 2.38. The van der Waals surface area contributed by atoms with Crippen molar-refractivity contribution in [1.82, 2.24) is 10.2 Å². The predicted molar refractivity (Wildman–Crippen MR) is 84.3 cm³/mol. The molecule has 21 heavy (non-hydrogen) atoms. The molecule has 1 aromatic carbocycles. The molecule has 3 rings (SSSR count). The molecule has 0 aromatic heterocycles. The molecule has 4 heteroatoms. The van der Waals surface area contributed by atoms with Gasteiger partial charge in [-0.1, -0.05) is 13.8 Å². The van der Waals surface area contributed by atoms with Gasteiger partial charge in [0.15, 0.2) is 11.5 Å². The van der Waals surface area contributed by atoms with Crippen molar-refractivity contribution in [2.75, 3.05) is 39.4 Å². The zero-order valence-electron chi connectivity index (χ0n) is 13.2. The van der Waals surface area contributed by atoms with Crippen molar-refractivity contribution < 1.29 is 9.47 Å². The third-order valence-electron chi connectivity index (χ3n) is 4.23. The van der Waals surface area contributed by atoms with Crippen LogP contribution < -0.4 is 14.8 Å². The Morgan fingerprint density at radius 3 is 2.43 bits per heavy atom. The molecule has 2 aliphatic rings. The lowest BCUT2D eigenvalue weighted by Crippen LogP contribution is -2.43. The molecular formula is C17H26N2O2. The maximum absolute atomic E-state index is 5.86. The second-order valence-electron chi connectivity index (χ2n) is 6.23. The fraction of sp³-hybridized carbons (Fsp3) is 0.647. The number of rotatable bonds is 3. The van der Waals surface area contributed by atoms with E-state index in [9.17, 15) is 0 Å². The molecule has 1 saturated heterocycles. The highest BCUT2D eigenvalue weighted by Gasteiger charge is 2.19. The normalized spacial score (nSPS) is 19.6. The van der Waals surface area contributed by atoms with Crippen molar-refractivity contribution in [2.45, 2.75) is 32.7 Å². The molecule has 2 aliphatic heterocycles.